The van der Waals surface area contributed by atoms with Crippen molar-refractivity contribution in [2.24, 2.45) is 13.0 Å². The van der Waals surface area contributed by atoms with E-state index in [1.807, 2.05) is 38.6 Å². The summed E-state index contributed by atoms with van der Waals surface area (Å²) in [5.41, 5.74) is 2.52. The Morgan fingerprint density at radius 1 is 1.34 bits per heavy atom. The molecule has 1 amide bonds. The lowest BCUT2D eigenvalue weighted by atomic mass is 9.83. The van der Waals surface area contributed by atoms with Crippen LogP contribution in [0.5, 0.6) is 5.75 Å². The predicted octanol–water partition coefficient (Wildman–Crippen LogP) is 4.87. The zero-order chi connectivity index (χ0) is 27.4. The number of carbonyl (C=O) groups excluding carboxylic acids is 1. The number of hydrogen-bond donors (Lipinski definition) is 2. The quantitative estimate of drug-likeness (QED) is 0.444. The highest BCUT2D eigenvalue weighted by molar-refractivity contribution is 6.32. The number of nitrogens with zero attached hydrogens (tertiary/aromatic N) is 2. The molecular weight excluding hydrogens is 506 g/mol. The summed E-state index contributed by atoms with van der Waals surface area (Å²) in [6, 6.07) is 4.79. The summed E-state index contributed by atoms with van der Waals surface area (Å²) < 4.78 is 19.2. The molecule has 2 heterocycles. The van der Waals surface area contributed by atoms with Gasteiger partial charge in [-0.05, 0) is 63.3 Å². The smallest absolute Gasteiger partial charge is 0.251 e. The van der Waals surface area contributed by atoms with E-state index in [9.17, 15) is 9.90 Å². The third-order valence-corrected chi connectivity index (χ3v) is 7.19. The molecule has 2 aromatic rings. The molecule has 1 saturated heterocycles. The minimum atomic E-state index is -0.822. The van der Waals surface area contributed by atoms with Gasteiger partial charge in [0.25, 0.3) is 5.91 Å². The van der Waals surface area contributed by atoms with E-state index in [0.29, 0.717) is 42.4 Å². The lowest BCUT2D eigenvalue weighted by Gasteiger charge is -2.25. The molecule has 0 spiro atoms. The molecule has 38 heavy (non-hydrogen) atoms. The zero-order valence-corrected chi connectivity index (χ0v) is 23.5. The number of aryl methyl sites for hydroxylation is 1. The standard InChI is InChI=1S/C29H38ClN3O5/c1-18(2)38-26-9-7-21(16-24(26)30)27(35)31-22(10-11-34)15-20-6-8-23(19(3)14-20)25-17-33(5)28(32-25)29(4)36-12-13-37-29/h6-9,14,16-19,22-23,34H,10-13,15H2,1-5H3,(H,31,35)/t19-,22+,23?/m0/s1. The molecule has 4 rings (SSSR count). The number of rotatable bonds is 10. The van der Waals surface area contributed by atoms with E-state index < -0.39 is 5.79 Å². The summed E-state index contributed by atoms with van der Waals surface area (Å²) in [6.45, 7) is 8.99. The van der Waals surface area contributed by atoms with E-state index >= 15 is 0 Å². The van der Waals surface area contributed by atoms with Crippen molar-refractivity contribution in [1.82, 2.24) is 14.9 Å². The second-order valence-corrected chi connectivity index (χ2v) is 10.8. The van der Waals surface area contributed by atoms with Gasteiger partial charge in [0.05, 0.1) is 30.0 Å². The maximum absolute atomic E-state index is 13.0. The number of allylic oxidation sites excluding steroid dienone is 3. The highest BCUT2D eigenvalue weighted by Crippen LogP contribution is 2.36. The SMILES string of the molecule is CC(C)Oc1ccc(C(=O)N[C@H](CCO)CC2=C[C@H](C)C(c3cn(C)c(C4(C)OCCO4)n3)C=C2)cc1Cl. The molecule has 0 saturated carbocycles. The number of nitrogens with one attached hydrogen (secondary N) is 1. The Morgan fingerprint density at radius 3 is 2.71 bits per heavy atom. The van der Waals surface area contributed by atoms with Crippen molar-refractivity contribution >= 4 is 17.5 Å². The fourth-order valence-electron chi connectivity index (χ4n) is 5.05. The first-order valence-corrected chi connectivity index (χ1v) is 13.6. The molecule has 1 aromatic heterocycles. The molecule has 2 aliphatic rings. The first kappa shape index (κ1) is 28.4. The maximum Gasteiger partial charge on any atom is 0.251 e. The average Bonchev–Trinajstić information content (AvgIpc) is 3.47. The van der Waals surface area contributed by atoms with Crippen LogP contribution in [0.2, 0.25) is 5.02 Å². The summed E-state index contributed by atoms with van der Waals surface area (Å²) in [7, 11) is 1.96. The topological polar surface area (TPSA) is 94.8 Å². The summed E-state index contributed by atoms with van der Waals surface area (Å²) in [6.07, 6.45) is 9.54. The van der Waals surface area contributed by atoms with Crippen molar-refractivity contribution in [2.75, 3.05) is 19.8 Å². The van der Waals surface area contributed by atoms with Crippen LogP contribution in [-0.2, 0) is 22.3 Å². The van der Waals surface area contributed by atoms with Crippen molar-refractivity contribution < 1.29 is 24.1 Å². The van der Waals surface area contributed by atoms with Crippen LogP contribution in [0.3, 0.4) is 0 Å². The highest BCUT2D eigenvalue weighted by Gasteiger charge is 2.38. The Bertz CT molecular complexity index is 1200. The third-order valence-electron chi connectivity index (χ3n) is 6.89. The van der Waals surface area contributed by atoms with Crippen LogP contribution in [0.4, 0.5) is 0 Å². The summed E-state index contributed by atoms with van der Waals surface area (Å²) in [5.74, 6) is 0.562. The molecule has 1 aliphatic carbocycles. The lowest BCUT2D eigenvalue weighted by molar-refractivity contribution is -0.157. The van der Waals surface area contributed by atoms with Gasteiger partial charge in [0.2, 0.25) is 5.79 Å². The van der Waals surface area contributed by atoms with Gasteiger partial charge in [-0.1, -0.05) is 36.8 Å². The molecule has 206 valence electrons. The number of ether oxygens (including phenoxy) is 3. The Hall–Kier alpha value is -2.65. The first-order valence-electron chi connectivity index (χ1n) is 13.2. The molecule has 1 unspecified atom stereocenters. The number of amides is 1. The van der Waals surface area contributed by atoms with Gasteiger partial charge in [-0.3, -0.25) is 4.79 Å². The van der Waals surface area contributed by atoms with Crippen LogP contribution >= 0.6 is 11.6 Å². The average molecular weight is 544 g/mol. The van der Waals surface area contributed by atoms with E-state index in [-0.39, 0.29) is 36.5 Å². The molecule has 2 N–H and O–H groups in total. The van der Waals surface area contributed by atoms with Crippen molar-refractivity contribution in [3.63, 3.8) is 0 Å². The Labute approximate surface area is 229 Å². The van der Waals surface area contributed by atoms with Gasteiger partial charge in [-0.25, -0.2) is 4.98 Å². The molecule has 3 atom stereocenters. The monoisotopic (exact) mass is 543 g/mol. The van der Waals surface area contributed by atoms with Gasteiger partial charge in [0.1, 0.15) is 5.75 Å². The normalized spacial score (nSPS) is 21.4. The molecule has 1 fully saturated rings. The van der Waals surface area contributed by atoms with E-state index in [1.165, 1.54) is 0 Å². The van der Waals surface area contributed by atoms with Crippen LogP contribution in [0, 0.1) is 5.92 Å². The first-order chi connectivity index (χ1) is 18.1. The number of carbonyl (C=O) groups is 1. The van der Waals surface area contributed by atoms with Gasteiger partial charge < -0.3 is 29.2 Å². The van der Waals surface area contributed by atoms with Gasteiger partial charge in [-0.2, -0.15) is 0 Å². The zero-order valence-electron chi connectivity index (χ0n) is 22.7. The summed E-state index contributed by atoms with van der Waals surface area (Å²) in [4.78, 5) is 17.8. The Balaban J connectivity index is 1.41. The second-order valence-electron chi connectivity index (χ2n) is 10.4. The third kappa shape index (κ3) is 6.49. The minimum Gasteiger partial charge on any atom is -0.489 e. The van der Waals surface area contributed by atoms with Crippen LogP contribution in [0.25, 0.3) is 0 Å². The fraction of sp³-hybridized carbons (Fsp3) is 0.517. The van der Waals surface area contributed by atoms with Crippen LogP contribution in [0.15, 0.2) is 48.2 Å². The molecule has 8 nitrogen and oxygen atoms in total. The Kier molecular flexibility index (Phi) is 8.98. The molecule has 1 aromatic carbocycles. The Morgan fingerprint density at radius 2 is 2.08 bits per heavy atom. The van der Waals surface area contributed by atoms with Crippen LogP contribution in [-0.4, -0.2) is 52.5 Å². The number of hydrogen-bond acceptors (Lipinski definition) is 6. The van der Waals surface area contributed by atoms with Gasteiger partial charge in [0, 0.05) is 37.4 Å². The van der Waals surface area contributed by atoms with Crippen LogP contribution < -0.4 is 10.1 Å². The molecule has 9 heteroatoms. The number of aliphatic hydroxyl groups is 1. The van der Waals surface area contributed by atoms with Gasteiger partial charge >= 0.3 is 0 Å². The van der Waals surface area contributed by atoms with Crippen molar-refractivity contribution in [2.45, 2.75) is 64.4 Å². The van der Waals surface area contributed by atoms with Crippen molar-refractivity contribution in [3.8, 4) is 5.75 Å². The lowest BCUT2D eigenvalue weighted by Crippen LogP contribution is -2.36. The van der Waals surface area contributed by atoms with Crippen molar-refractivity contribution in [1.29, 1.82) is 0 Å². The molecule has 0 bridgehead atoms. The largest absolute Gasteiger partial charge is 0.489 e. The number of aliphatic hydroxyl groups excluding tert-OH is 1. The van der Waals surface area contributed by atoms with Gasteiger partial charge in [0.15, 0.2) is 5.82 Å². The maximum atomic E-state index is 13.0. The minimum absolute atomic E-state index is 0.0155. The summed E-state index contributed by atoms with van der Waals surface area (Å²) in [5, 5.41) is 13.1. The summed E-state index contributed by atoms with van der Waals surface area (Å²) >= 11 is 6.32. The van der Waals surface area contributed by atoms with E-state index in [4.69, 9.17) is 30.8 Å². The predicted molar refractivity (Wildman–Crippen MR) is 146 cm³/mol. The molecule has 1 aliphatic heterocycles. The van der Waals surface area contributed by atoms with E-state index in [1.54, 1.807) is 18.2 Å². The number of benzene rings is 1. The fourth-order valence-corrected chi connectivity index (χ4v) is 5.27. The molecule has 0 radical (unpaired) electrons. The molecular formula is C29H38ClN3O5. The van der Waals surface area contributed by atoms with Crippen LogP contribution in [0.1, 0.15) is 68.3 Å². The van der Waals surface area contributed by atoms with Crippen molar-refractivity contribution in [3.05, 3.63) is 70.3 Å². The number of halogens is 1. The van der Waals surface area contributed by atoms with Gasteiger partial charge in [-0.15, -0.1) is 0 Å². The highest BCUT2D eigenvalue weighted by atomic mass is 35.5. The number of aromatic nitrogens is 2. The second kappa shape index (κ2) is 12.0. The van der Waals surface area contributed by atoms with E-state index in [0.717, 1.165) is 17.1 Å². The number of imidazole rings is 1. The van der Waals surface area contributed by atoms with E-state index in [2.05, 4.69) is 30.5 Å².